The highest BCUT2D eigenvalue weighted by Gasteiger charge is 2.36. The molecule has 0 radical (unpaired) electrons. The first-order valence-corrected chi connectivity index (χ1v) is 4.59. The highest BCUT2D eigenvalue weighted by molar-refractivity contribution is 5.68. The van der Waals surface area contributed by atoms with Crippen molar-refractivity contribution in [2.24, 2.45) is 5.92 Å². The standard InChI is InChI=1S/C9H17NO3/c1-6(2)8-4-7(11)5-10(8)9(12)13-3/h6-8,11H,4-5H2,1-3H3. The number of hydrogen-bond donors (Lipinski definition) is 1. The number of ether oxygens (including phenoxy) is 1. The molecule has 4 nitrogen and oxygen atoms in total. The van der Waals surface area contributed by atoms with Crippen molar-refractivity contribution < 1.29 is 14.6 Å². The Balaban J connectivity index is 2.66. The molecule has 76 valence electrons. The Morgan fingerprint density at radius 1 is 1.62 bits per heavy atom. The average Bonchev–Trinajstić information content (AvgIpc) is 2.46. The Labute approximate surface area is 78.5 Å². The van der Waals surface area contributed by atoms with Crippen LogP contribution in [0.2, 0.25) is 0 Å². The fraction of sp³-hybridized carbons (Fsp3) is 0.889. The quantitative estimate of drug-likeness (QED) is 0.662. The molecule has 0 aliphatic carbocycles. The maximum atomic E-state index is 11.3. The molecule has 1 rings (SSSR count). The second-order valence-electron chi connectivity index (χ2n) is 3.82. The second kappa shape index (κ2) is 3.96. The average molecular weight is 187 g/mol. The molecule has 1 fully saturated rings. The zero-order valence-electron chi connectivity index (χ0n) is 8.36. The van der Waals surface area contributed by atoms with Crippen molar-refractivity contribution >= 4 is 6.09 Å². The van der Waals surface area contributed by atoms with Gasteiger partial charge in [0.2, 0.25) is 0 Å². The van der Waals surface area contributed by atoms with Gasteiger partial charge in [-0.1, -0.05) is 13.8 Å². The van der Waals surface area contributed by atoms with Crippen LogP contribution in [0.4, 0.5) is 4.79 Å². The monoisotopic (exact) mass is 187 g/mol. The van der Waals surface area contributed by atoms with Crippen molar-refractivity contribution in [3.8, 4) is 0 Å². The number of carbonyl (C=O) groups is 1. The van der Waals surface area contributed by atoms with Gasteiger partial charge in [0.25, 0.3) is 0 Å². The van der Waals surface area contributed by atoms with Gasteiger partial charge in [-0.2, -0.15) is 0 Å². The van der Waals surface area contributed by atoms with Gasteiger partial charge in [-0.15, -0.1) is 0 Å². The number of β-amino-alcohol motifs (C(OH)–C–C–N with tert-alkyl or cyclic N) is 1. The minimum Gasteiger partial charge on any atom is -0.453 e. The molecule has 2 atom stereocenters. The van der Waals surface area contributed by atoms with Gasteiger partial charge in [-0.3, -0.25) is 0 Å². The lowest BCUT2D eigenvalue weighted by atomic mass is 10.0. The number of hydrogen-bond acceptors (Lipinski definition) is 3. The van der Waals surface area contributed by atoms with Crippen molar-refractivity contribution in [1.82, 2.24) is 4.90 Å². The number of likely N-dealkylation sites (tertiary alicyclic amines) is 1. The van der Waals surface area contributed by atoms with Crippen molar-refractivity contribution in [1.29, 1.82) is 0 Å². The van der Waals surface area contributed by atoms with Gasteiger partial charge in [-0.25, -0.2) is 4.79 Å². The molecule has 4 heteroatoms. The van der Waals surface area contributed by atoms with Crippen LogP contribution >= 0.6 is 0 Å². The van der Waals surface area contributed by atoms with Crippen LogP contribution in [0.5, 0.6) is 0 Å². The Morgan fingerprint density at radius 3 is 2.69 bits per heavy atom. The fourth-order valence-corrected chi connectivity index (χ4v) is 1.80. The number of nitrogens with zero attached hydrogens (tertiary/aromatic N) is 1. The van der Waals surface area contributed by atoms with Gasteiger partial charge in [-0.05, 0) is 12.3 Å². The van der Waals surface area contributed by atoms with Gasteiger partial charge in [0.15, 0.2) is 0 Å². The zero-order chi connectivity index (χ0) is 10.0. The van der Waals surface area contributed by atoms with E-state index in [0.717, 1.165) is 0 Å². The molecule has 1 saturated heterocycles. The largest absolute Gasteiger partial charge is 0.453 e. The summed E-state index contributed by atoms with van der Waals surface area (Å²) >= 11 is 0. The minimum absolute atomic E-state index is 0.113. The number of aliphatic hydroxyl groups excluding tert-OH is 1. The molecule has 1 N–H and O–H groups in total. The molecular formula is C9H17NO3. The van der Waals surface area contributed by atoms with Gasteiger partial charge in [0.05, 0.1) is 19.8 Å². The highest BCUT2D eigenvalue weighted by Crippen LogP contribution is 2.24. The molecule has 0 aromatic heterocycles. The summed E-state index contributed by atoms with van der Waals surface area (Å²) in [6, 6.07) is 0.113. The van der Waals surface area contributed by atoms with E-state index in [2.05, 4.69) is 4.74 Å². The van der Waals surface area contributed by atoms with Crippen LogP contribution in [-0.2, 0) is 4.74 Å². The molecule has 0 saturated carbocycles. The SMILES string of the molecule is COC(=O)N1CC(O)CC1C(C)C. The Morgan fingerprint density at radius 2 is 2.23 bits per heavy atom. The molecule has 0 aromatic carbocycles. The lowest BCUT2D eigenvalue weighted by molar-refractivity contribution is 0.105. The molecule has 1 amide bonds. The van der Waals surface area contributed by atoms with Crippen molar-refractivity contribution in [3.63, 3.8) is 0 Å². The van der Waals surface area contributed by atoms with Gasteiger partial charge in [0.1, 0.15) is 0 Å². The fourth-order valence-electron chi connectivity index (χ4n) is 1.80. The van der Waals surface area contributed by atoms with Crippen LogP contribution in [0.25, 0.3) is 0 Å². The summed E-state index contributed by atoms with van der Waals surface area (Å²) in [5, 5.41) is 9.41. The van der Waals surface area contributed by atoms with Crippen LogP contribution in [-0.4, -0.2) is 41.9 Å². The Bertz CT molecular complexity index is 193. The minimum atomic E-state index is -0.397. The molecule has 0 spiro atoms. The topological polar surface area (TPSA) is 49.8 Å². The number of aliphatic hydroxyl groups is 1. The maximum absolute atomic E-state index is 11.3. The van der Waals surface area contributed by atoms with Crippen LogP contribution in [0.1, 0.15) is 20.3 Å². The summed E-state index contributed by atoms with van der Waals surface area (Å²) in [6.07, 6.45) is -0.0750. The first kappa shape index (κ1) is 10.3. The van der Waals surface area contributed by atoms with E-state index in [1.807, 2.05) is 13.8 Å². The Kier molecular flexibility index (Phi) is 3.14. The van der Waals surface area contributed by atoms with Gasteiger partial charge in [0, 0.05) is 6.04 Å². The summed E-state index contributed by atoms with van der Waals surface area (Å²) < 4.78 is 4.64. The van der Waals surface area contributed by atoms with E-state index in [1.165, 1.54) is 7.11 Å². The van der Waals surface area contributed by atoms with E-state index in [9.17, 15) is 9.90 Å². The van der Waals surface area contributed by atoms with Crippen molar-refractivity contribution in [2.75, 3.05) is 13.7 Å². The molecule has 0 bridgehead atoms. The predicted molar refractivity (Wildman–Crippen MR) is 48.4 cm³/mol. The smallest absolute Gasteiger partial charge is 0.409 e. The molecular weight excluding hydrogens is 170 g/mol. The van der Waals surface area contributed by atoms with E-state index in [4.69, 9.17) is 0 Å². The third-order valence-electron chi connectivity index (χ3n) is 2.50. The van der Waals surface area contributed by atoms with E-state index in [-0.39, 0.29) is 12.1 Å². The lowest BCUT2D eigenvalue weighted by Crippen LogP contribution is -2.38. The summed E-state index contributed by atoms with van der Waals surface area (Å²) in [5.41, 5.74) is 0. The second-order valence-corrected chi connectivity index (χ2v) is 3.82. The normalized spacial score (nSPS) is 28.2. The molecule has 1 aliphatic heterocycles. The van der Waals surface area contributed by atoms with E-state index in [1.54, 1.807) is 4.90 Å². The van der Waals surface area contributed by atoms with Gasteiger partial charge < -0.3 is 14.7 Å². The molecule has 0 aromatic rings. The first-order chi connectivity index (χ1) is 6.06. The molecule has 13 heavy (non-hydrogen) atoms. The number of carbonyl (C=O) groups excluding carboxylic acids is 1. The first-order valence-electron chi connectivity index (χ1n) is 4.59. The van der Waals surface area contributed by atoms with Crippen LogP contribution < -0.4 is 0 Å². The molecule has 1 aliphatic rings. The summed E-state index contributed by atoms with van der Waals surface area (Å²) in [7, 11) is 1.37. The zero-order valence-corrected chi connectivity index (χ0v) is 8.36. The summed E-state index contributed by atoms with van der Waals surface area (Å²) in [4.78, 5) is 12.9. The number of amides is 1. The molecule has 1 heterocycles. The molecule has 2 unspecified atom stereocenters. The summed E-state index contributed by atoms with van der Waals surface area (Å²) in [5.74, 6) is 0.358. The van der Waals surface area contributed by atoms with Crippen LogP contribution in [0.3, 0.4) is 0 Å². The number of rotatable bonds is 1. The third kappa shape index (κ3) is 2.12. The van der Waals surface area contributed by atoms with E-state index >= 15 is 0 Å². The predicted octanol–water partition coefficient (Wildman–Crippen LogP) is 0.844. The third-order valence-corrected chi connectivity index (χ3v) is 2.50. The summed E-state index contributed by atoms with van der Waals surface area (Å²) in [6.45, 7) is 4.48. The number of methoxy groups -OCH3 is 1. The van der Waals surface area contributed by atoms with Crippen LogP contribution in [0.15, 0.2) is 0 Å². The van der Waals surface area contributed by atoms with E-state index < -0.39 is 6.10 Å². The van der Waals surface area contributed by atoms with E-state index in [0.29, 0.717) is 18.9 Å². The van der Waals surface area contributed by atoms with Crippen LogP contribution in [0, 0.1) is 5.92 Å². The van der Waals surface area contributed by atoms with Crippen molar-refractivity contribution in [3.05, 3.63) is 0 Å². The van der Waals surface area contributed by atoms with Crippen molar-refractivity contribution in [2.45, 2.75) is 32.4 Å². The Hall–Kier alpha value is -0.770. The maximum Gasteiger partial charge on any atom is 0.409 e. The highest BCUT2D eigenvalue weighted by atomic mass is 16.5. The lowest BCUT2D eigenvalue weighted by Gasteiger charge is -2.25. The van der Waals surface area contributed by atoms with Gasteiger partial charge >= 0.3 is 6.09 Å².